The fraction of sp³-hybridized carbons (Fsp3) is 0.280. The van der Waals surface area contributed by atoms with Gasteiger partial charge < -0.3 is 9.84 Å². The Hall–Kier alpha value is -3.01. The summed E-state index contributed by atoms with van der Waals surface area (Å²) >= 11 is 6.01. The second-order valence-corrected chi connectivity index (χ2v) is 10.8. The molecule has 1 amide bonds. The third kappa shape index (κ3) is 5.63. The van der Waals surface area contributed by atoms with E-state index in [1.807, 2.05) is 31.2 Å². The highest BCUT2D eigenvalue weighted by atomic mass is 35.5. The Morgan fingerprint density at radius 2 is 1.94 bits per heavy atom. The van der Waals surface area contributed by atoms with Gasteiger partial charge in [0, 0.05) is 13.1 Å². The van der Waals surface area contributed by atoms with Crippen LogP contribution >= 0.6 is 11.6 Å². The molecule has 1 N–H and O–H groups in total. The first-order chi connectivity index (χ1) is 16.6. The van der Waals surface area contributed by atoms with Crippen LogP contribution in [0.1, 0.15) is 35.4 Å². The van der Waals surface area contributed by atoms with Crippen LogP contribution in [0.5, 0.6) is 0 Å². The molecule has 1 fully saturated rings. The number of aromatic nitrogens is 1. The van der Waals surface area contributed by atoms with Gasteiger partial charge in [-0.1, -0.05) is 52.7 Å². The number of rotatable bonds is 6. The number of sulfonamides is 1. The minimum absolute atomic E-state index is 0.00127. The lowest BCUT2D eigenvalue weighted by atomic mass is 9.98. The molecule has 0 spiro atoms. The van der Waals surface area contributed by atoms with Crippen LogP contribution in [0.3, 0.4) is 0 Å². The molecule has 1 saturated heterocycles. The molecule has 7 nitrogen and oxygen atoms in total. The van der Waals surface area contributed by atoms with Crippen LogP contribution in [0.15, 0.2) is 51.9 Å². The van der Waals surface area contributed by atoms with Crippen molar-refractivity contribution in [3.63, 3.8) is 0 Å². The van der Waals surface area contributed by atoms with Gasteiger partial charge in [0.05, 0.1) is 16.6 Å². The SMILES string of the molecule is Cc1ccc(/C=C/c2onc(C)c2S(=O)(=O)N2CCC[C@H](C(=O)Nc3ccc(F)cc3Cl)C2)cc1. The fourth-order valence-electron chi connectivity index (χ4n) is 3.98. The largest absolute Gasteiger partial charge is 0.355 e. The van der Waals surface area contributed by atoms with Crippen molar-refractivity contribution in [2.45, 2.75) is 31.6 Å². The number of carbonyl (C=O) groups excluding carboxylic acids is 1. The molecule has 184 valence electrons. The van der Waals surface area contributed by atoms with Crippen LogP contribution in [0, 0.1) is 25.6 Å². The predicted octanol–water partition coefficient (Wildman–Crippen LogP) is 5.29. The van der Waals surface area contributed by atoms with Crippen molar-refractivity contribution in [3.8, 4) is 0 Å². The second-order valence-electron chi connectivity index (χ2n) is 8.52. The number of amides is 1. The van der Waals surface area contributed by atoms with E-state index in [-0.39, 0.29) is 46.1 Å². The van der Waals surface area contributed by atoms with Crippen LogP contribution < -0.4 is 5.32 Å². The Morgan fingerprint density at radius 1 is 1.20 bits per heavy atom. The van der Waals surface area contributed by atoms with Gasteiger partial charge in [-0.3, -0.25) is 4.79 Å². The number of anilines is 1. The summed E-state index contributed by atoms with van der Waals surface area (Å²) in [6.45, 7) is 3.83. The minimum Gasteiger partial charge on any atom is -0.355 e. The van der Waals surface area contributed by atoms with Crippen molar-refractivity contribution in [3.05, 3.63) is 75.9 Å². The summed E-state index contributed by atoms with van der Waals surface area (Å²) in [6.07, 6.45) is 4.37. The predicted molar refractivity (Wildman–Crippen MR) is 133 cm³/mol. The number of nitrogens with zero attached hydrogens (tertiary/aromatic N) is 2. The molecule has 1 aliphatic heterocycles. The van der Waals surface area contributed by atoms with Crippen LogP contribution in [-0.2, 0) is 14.8 Å². The zero-order chi connectivity index (χ0) is 25.2. The van der Waals surface area contributed by atoms with E-state index in [4.69, 9.17) is 16.1 Å². The molecule has 0 aliphatic carbocycles. The van der Waals surface area contributed by atoms with Gasteiger partial charge in [-0.25, -0.2) is 12.8 Å². The quantitative estimate of drug-likeness (QED) is 0.479. The zero-order valence-corrected chi connectivity index (χ0v) is 20.9. The first-order valence-electron chi connectivity index (χ1n) is 11.1. The number of benzene rings is 2. The average molecular weight is 518 g/mol. The van der Waals surface area contributed by atoms with Crippen molar-refractivity contribution in [2.24, 2.45) is 5.92 Å². The topological polar surface area (TPSA) is 92.5 Å². The van der Waals surface area contributed by atoms with E-state index in [1.165, 1.54) is 16.4 Å². The molecule has 4 rings (SSSR count). The lowest BCUT2D eigenvalue weighted by Crippen LogP contribution is -2.43. The number of hydrogen-bond acceptors (Lipinski definition) is 5. The van der Waals surface area contributed by atoms with Crippen LogP contribution in [-0.4, -0.2) is 36.9 Å². The van der Waals surface area contributed by atoms with Gasteiger partial charge in [0.15, 0.2) is 10.7 Å². The molecule has 2 heterocycles. The molecular weight excluding hydrogens is 493 g/mol. The summed E-state index contributed by atoms with van der Waals surface area (Å²) in [5, 5.41) is 6.63. The van der Waals surface area contributed by atoms with Crippen LogP contribution in [0.4, 0.5) is 10.1 Å². The van der Waals surface area contributed by atoms with E-state index >= 15 is 0 Å². The molecule has 10 heteroatoms. The monoisotopic (exact) mass is 517 g/mol. The third-order valence-corrected chi connectivity index (χ3v) is 8.22. The summed E-state index contributed by atoms with van der Waals surface area (Å²) < 4.78 is 47.0. The number of nitrogens with one attached hydrogen (secondary N) is 1. The maximum atomic E-state index is 13.6. The molecule has 2 aromatic carbocycles. The lowest BCUT2D eigenvalue weighted by Gasteiger charge is -2.31. The van der Waals surface area contributed by atoms with Gasteiger partial charge in [0.25, 0.3) is 0 Å². The van der Waals surface area contributed by atoms with Crippen LogP contribution in [0.2, 0.25) is 5.02 Å². The summed E-state index contributed by atoms with van der Waals surface area (Å²) in [5.74, 6) is -1.35. The van der Waals surface area contributed by atoms with Gasteiger partial charge in [-0.05, 0) is 56.5 Å². The number of aryl methyl sites for hydroxylation is 2. The fourth-order valence-corrected chi connectivity index (χ4v) is 5.97. The summed E-state index contributed by atoms with van der Waals surface area (Å²) in [4.78, 5) is 12.8. The maximum absolute atomic E-state index is 13.6. The Balaban J connectivity index is 1.53. The average Bonchev–Trinajstić information content (AvgIpc) is 3.21. The normalized spacial score (nSPS) is 17.1. The first kappa shape index (κ1) is 25.1. The Kier molecular flexibility index (Phi) is 7.39. The van der Waals surface area contributed by atoms with Gasteiger partial charge in [0.1, 0.15) is 11.5 Å². The van der Waals surface area contributed by atoms with E-state index in [1.54, 1.807) is 19.1 Å². The van der Waals surface area contributed by atoms with E-state index in [0.717, 1.165) is 17.2 Å². The summed E-state index contributed by atoms with van der Waals surface area (Å²) in [5.41, 5.74) is 2.53. The highest BCUT2D eigenvalue weighted by molar-refractivity contribution is 7.89. The molecule has 0 saturated carbocycles. The van der Waals surface area contributed by atoms with E-state index in [9.17, 15) is 17.6 Å². The zero-order valence-electron chi connectivity index (χ0n) is 19.3. The molecule has 35 heavy (non-hydrogen) atoms. The molecule has 0 bridgehead atoms. The first-order valence-corrected chi connectivity index (χ1v) is 12.9. The van der Waals surface area contributed by atoms with Crippen molar-refractivity contribution in [1.82, 2.24) is 9.46 Å². The van der Waals surface area contributed by atoms with Gasteiger partial charge in [0.2, 0.25) is 15.9 Å². The van der Waals surface area contributed by atoms with Crippen molar-refractivity contribution in [2.75, 3.05) is 18.4 Å². The van der Waals surface area contributed by atoms with Gasteiger partial charge in [-0.15, -0.1) is 0 Å². The standard InChI is InChI=1S/C25H25ClFN3O4S/c1-16-5-7-18(8-6-16)9-12-23-24(17(2)29-34-23)35(32,33)30-13-3-4-19(15-30)25(31)28-22-11-10-20(27)14-21(22)26/h5-12,14,19H,3-4,13,15H2,1-2H3,(H,28,31)/b12-9+/t19-/m0/s1. The van der Waals surface area contributed by atoms with E-state index in [0.29, 0.717) is 12.8 Å². The molecular formula is C25H25ClFN3O4S. The third-order valence-electron chi connectivity index (χ3n) is 5.88. The Bertz CT molecular complexity index is 1370. The highest BCUT2D eigenvalue weighted by Crippen LogP contribution is 2.30. The molecule has 0 unspecified atom stereocenters. The smallest absolute Gasteiger partial charge is 0.248 e. The molecule has 1 aliphatic rings. The summed E-state index contributed by atoms with van der Waals surface area (Å²) in [7, 11) is -3.97. The van der Waals surface area contributed by atoms with Gasteiger partial charge in [-0.2, -0.15) is 4.31 Å². The van der Waals surface area contributed by atoms with E-state index < -0.39 is 21.8 Å². The van der Waals surface area contributed by atoms with Crippen molar-refractivity contribution >= 4 is 45.4 Å². The Labute approximate surface area is 208 Å². The second kappa shape index (κ2) is 10.3. The van der Waals surface area contributed by atoms with Gasteiger partial charge >= 0.3 is 0 Å². The molecule has 3 aromatic rings. The maximum Gasteiger partial charge on any atom is 0.248 e. The molecule has 0 radical (unpaired) electrons. The minimum atomic E-state index is -3.97. The molecule has 1 aromatic heterocycles. The Morgan fingerprint density at radius 3 is 2.66 bits per heavy atom. The highest BCUT2D eigenvalue weighted by Gasteiger charge is 2.37. The van der Waals surface area contributed by atoms with Crippen LogP contribution in [0.25, 0.3) is 12.2 Å². The number of hydrogen-bond donors (Lipinski definition) is 1. The number of carbonyl (C=O) groups is 1. The van der Waals surface area contributed by atoms with Crippen molar-refractivity contribution in [1.29, 1.82) is 0 Å². The summed E-state index contributed by atoms with van der Waals surface area (Å²) in [6, 6.07) is 11.4. The number of halogens is 2. The van der Waals surface area contributed by atoms with Crippen molar-refractivity contribution < 1.29 is 22.1 Å². The lowest BCUT2D eigenvalue weighted by molar-refractivity contribution is -0.120. The van der Waals surface area contributed by atoms with E-state index in [2.05, 4.69) is 10.5 Å². The molecule has 1 atom stereocenters. The number of piperidine rings is 1.